The van der Waals surface area contributed by atoms with Gasteiger partial charge in [0.25, 0.3) is 0 Å². The Bertz CT molecular complexity index is 680. The van der Waals surface area contributed by atoms with Crippen LogP contribution in [-0.4, -0.2) is 42.5 Å². The second-order valence-electron chi connectivity index (χ2n) is 6.35. The Balaban J connectivity index is 1.42. The van der Waals surface area contributed by atoms with Crippen LogP contribution in [0, 0.1) is 5.92 Å². The SMILES string of the molecule is Clc1nc2ccccc2cc1CN1CCC(C2OCCO2)CC1. The number of rotatable bonds is 3. The van der Waals surface area contributed by atoms with Crippen LogP contribution in [-0.2, 0) is 16.0 Å². The smallest absolute Gasteiger partial charge is 0.160 e. The van der Waals surface area contributed by atoms with Gasteiger partial charge in [0.05, 0.1) is 18.7 Å². The van der Waals surface area contributed by atoms with Gasteiger partial charge < -0.3 is 9.47 Å². The van der Waals surface area contributed by atoms with Crippen LogP contribution >= 0.6 is 11.6 Å². The summed E-state index contributed by atoms with van der Waals surface area (Å²) in [5.41, 5.74) is 2.06. The van der Waals surface area contributed by atoms with E-state index >= 15 is 0 Å². The summed E-state index contributed by atoms with van der Waals surface area (Å²) in [6, 6.07) is 10.3. The summed E-state index contributed by atoms with van der Waals surface area (Å²) in [4.78, 5) is 6.97. The van der Waals surface area contributed by atoms with Crippen molar-refractivity contribution in [2.75, 3.05) is 26.3 Å². The lowest BCUT2D eigenvalue weighted by atomic mass is 9.96. The minimum Gasteiger partial charge on any atom is -0.350 e. The zero-order valence-electron chi connectivity index (χ0n) is 13.1. The number of nitrogens with zero attached hydrogens (tertiary/aromatic N) is 2. The Morgan fingerprint density at radius 3 is 2.65 bits per heavy atom. The van der Waals surface area contributed by atoms with Gasteiger partial charge in [-0.3, -0.25) is 4.90 Å². The Morgan fingerprint density at radius 1 is 1.13 bits per heavy atom. The third-order valence-electron chi connectivity index (χ3n) is 4.81. The van der Waals surface area contributed by atoms with Gasteiger partial charge in [-0.15, -0.1) is 0 Å². The lowest BCUT2D eigenvalue weighted by Gasteiger charge is -2.33. The van der Waals surface area contributed by atoms with Crippen molar-refractivity contribution in [1.82, 2.24) is 9.88 Å². The number of piperidine rings is 1. The highest BCUT2D eigenvalue weighted by Gasteiger charge is 2.30. The molecule has 1 aromatic carbocycles. The highest BCUT2D eigenvalue weighted by molar-refractivity contribution is 6.30. The maximum Gasteiger partial charge on any atom is 0.160 e. The van der Waals surface area contributed by atoms with Crippen LogP contribution < -0.4 is 0 Å². The predicted octanol–water partition coefficient (Wildman–Crippen LogP) is 3.47. The van der Waals surface area contributed by atoms with Crippen molar-refractivity contribution in [1.29, 1.82) is 0 Å². The fourth-order valence-electron chi connectivity index (χ4n) is 3.52. The highest BCUT2D eigenvalue weighted by atomic mass is 35.5. The molecule has 2 fully saturated rings. The largest absolute Gasteiger partial charge is 0.350 e. The summed E-state index contributed by atoms with van der Waals surface area (Å²) >= 11 is 6.38. The molecule has 0 bridgehead atoms. The monoisotopic (exact) mass is 332 g/mol. The Hall–Kier alpha value is -1.20. The summed E-state index contributed by atoms with van der Waals surface area (Å²) in [7, 11) is 0. The maximum absolute atomic E-state index is 6.38. The van der Waals surface area contributed by atoms with Gasteiger partial charge in [0.2, 0.25) is 0 Å². The van der Waals surface area contributed by atoms with E-state index in [1.165, 1.54) is 0 Å². The van der Waals surface area contributed by atoms with Crippen molar-refractivity contribution in [2.45, 2.75) is 25.7 Å². The number of para-hydroxylation sites is 1. The molecule has 1 aromatic heterocycles. The summed E-state index contributed by atoms with van der Waals surface area (Å²) < 4.78 is 11.3. The minimum absolute atomic E-state index is 0.0167. The molecule has 0 saturated carbocycles. The van der Waals surface area contributed by atoms with Crippen LogP contribution in [0.4, 0.5) is 0 Å². The van der Waals surface area contributed by atoms with Gasteiger partial charge in [0, 0.05) is 23.4 Å². The van der Waals surface area contributed by atoms with Gasteiger partial charge in [-0.1, -0.05) is 29.8 Å². The molecule has 5 heteroatoms. The Kier molecular flexibility index (Phi) is 4.49. The summed E-state index contributed by atoms with van der Waals surface area (Å²) in [6.07, 6.45) is 2.25. The number of ether oxygens (including phenoxy) is 2. The summed E-state index contributed by atoms with van der Waals surface area (Å²) in [6.45, 7) is 4.44. The number of likely N-dealkylation sites (tertiary alicyclic amines) is 1. The third-order valence-corrected chi connectivity index (χ3v) is 5.14. The predicted molar refractivity (Wildman–Crippen MR) is 90.4 cm³/mol. The first kappa shape index (κ1) is 15.3. The molecule has 0 atom stereocenters. The van der Waals surface area contributed by atoms with Crippen LogP contribution in [0.15, 0.2) is 30.3 Å². The lowest BCUT2D eigenvalue weighted by molar-refractivity contribution is -0.0977. The summed E-state index contributed by atoms with van der Waals surface area (Å²) in [5.74, 6) is 0.527. The van der Waals surface area contributed by atoms with E-state index in [2.05, 4.69) is 22.0 Å². The quantitative estimate of drug-likeness (QED) is 0.806. The van der Waals surface area contributed by atoms with E-state index in [0.717, 1.165) is 62.2 Å². The van der Waals surface area contributed by atoms with Crippen LogP contribution in [0.5, 0.6) is 0 Å². The number of pyridine rings is 1. The second-order valence-corrected chi connectivity index (χ2v) is 6.71. The van der Waals surface area contributed by atoms with Crippen molar-refractivity contribution < 1.29 is 9.47 Å². The topological polar surface area (TPSA) is 34.6 Å². The molecule has 122 valence electrons. The molecule has 4 nitrogen and oxygen atoms in total. The second kappa shape index (κ2) is 6.73. The molecule has 0 N–H and O–H groups in total. The summed E-state index contributed by atoms with van der Waals surface area (Å²) in [5, 5.41) is 1.77. The molecular formula is C18H21ClN2O2. The van der Waals surface area contributed by atoms with Crippen molar-refractivity contribution in [3.05, 3.63) is 41.0 Å². The van der Waals surface area contributed by atoms with Gasteiger partial charge in [0.1, 0.15) is 5.15 Å². The standard InChI is InChI=1S/C18H21ClN2O2/c19-17-15(11-14-3-1-2-4-16(14)20-17)12-21-7-5-13(6-8-21)18-22-9-10-23-18/h1-4,11,13,18H,5-10,12H2. The molecule has 0 unspecified atom stereocenters. The highest BCUT2D eigenvalue weighted by Crippen LogP contribution is 2.28. The van der Waals surface area contributed by atoms with Crippen LogP contribution in [0.1, 0.15) is 18.4 Å². The third kappa shape index (κ3) is 3.36. The Morgan fingerprint density at radius 2 is 1.87 bits per heavy atom. The van der Waals surface area contributed by atoms with Gasteiger partial charge >= 0.3 is 0 Å². The van der Waals surface area contributed by atoms with Crippen molar-refractivity contribution >= 4 is 22.5 Å². The van der Waals surface area contributed by atoms with E-state index in [1.54, 1.807) is 0 Å². The van der Waals surface area contributed by atoms with Crippen molar-refractivity contribution in [3.8, 4) is 0 Å². The molecule has 0 spiro atoms. The number of halogens is 1. The lowest BCUT2D eigenvalue weighted by Crippen LogP contribution is -2.37. The first-order chi connectivity index (χ1) is 11.3. The molecule has 0 amide bonds. The fourth-order valence-corrected chi connectivity index (χ4v) is 3.73. The van der Waals surface area contributed by atoms with Gasteiger partial charge in [-0.05, 0) is 38.1 Å². The molecule has 0 aliphatic carbocycles. The maximum atomic E-state index is 6.38. The number of fused-ring (bicyclic) bond motifs is 1. The molecule has 2 aliphatic rings. The minimum atomic E-state index is 0.0167. The van der Waals surface area contributed by atoms with Crippen LogP contribution in [0.25, 0.3) is 10.9 Å². The zero-order chi connectivity index (χ0) is 15.6. The molecule has 23 heavy (non-hydrogen) atoms. The van der Waals surface area contributed by atoms with Crippen LogP contribution in [0.3, 0.4) is 0 Å². The average Bonchev–Trinajstić information content (AvgIpc) is 3.11. The van der Waals surface area contributed by atoms with E-state index in [4.69, 9.17) is 21.1 Å². The van der Waals surface area contributed by atoms with Gasteiger partial charge in [0.15, 0.2) is 6.29 Å². The van der Waals surface area contributed by atoms with Gasteiger partial charge in [-0.25, -0.2) is 4.98 Å². The van der Waals surface area contributed by atoms with Gasteiger partial charge in [-0.2, -0.15) is 0 Å². The number of aromatic nitrogens is 1. The molecular weight excluding hydrogens is 312 g/mol. The normalized spacial score (nSPS) is 21.3. The first-order valence-corrected chi connectivity index (χ1v) is 8.67. The molecule has 2 aliphatic heterocycles. The average molecular weight is 333 g/mol. The fraction of sp³-hybridized carbons (Fsp3) is 0.500. The molecule has 2 saturated heterocycles. The van der Waals surface area contributed by atoms with E-state index < -0.39 is 0 Å². The van der Waals surface area contributed by atoms with Crippen LogP contribution in [0.2, 0.25) is 5.15 Å². The van der Waals surface area contributed by atoms with E-state index in [0.29, 0.717) is 11.1 Å². The van der Waals surface area contributed by atoms with Crippen molar-refractivity contribution in [2.24, 2.45) is 5.92 Å². The molecule has 0 radical (unpaired) electrons. The van der Waals surface area contributed by atoms with E-state index in [9.17, 15) is 0 Å². The zero-order valence-corrected chi connectivity index (χ0v) is 13.8. The molecule has 2 aromatic rings. The van der Waals surface area contributed by atoms with Crippen molar-refractivity contribution in [3.63, 3.8) is 0 Å². The number of hydrogen-bond donors (Lipinski definition) is 0. The molecule has 4 rings (SSSR count). The van der Waals surface area contributed by atoms with E-state index in [-0.39, 0.29) is 6.29 Å². The number of benzene rings is 1. The number of hydrogen-bond acceptors (Lipinski definition) is 4. The van der Waals surface area contributed by atoms with E-state index in [1.807, 2.05) is 18.2 Å². The molecule has 3 heterocycles. The first-order valence-electron chi connectivity index (χ1n) is 8.29. The Labute approximate surface area is 141 Å².